The van der Waals surface area contributed by atoms with Gasteiger partial charge in [-0.3, -0.25) is 5.32 Å². The van der Waals surface area contributed by atoms with Gasteiger partial charge in [0.25, 0.3) is 0 Å². The van der Waals surface area contributed by atoms with Gasteiger partial charge in [-0.2, -0.15) is 0 Å². The Labute approximate surface area is 143 Å². The second kappa shape index (κ2) is 7.00. The number of anilines is 1. The average Bonchev–Trinajstić information content (AvgIpc) is 2.62. The number of carbonyl (C=O) groups excluding carboxylic acids is 1. The number of pyridine rings is 1. The van der Waals surface area contributed by atoms with Crippen molar-refractivity contribution in [1.29, 1.82) is 0 Å². The van der Waals surface area contributed by atoms with E-state index in [9.17, 15) is 9.90 Å². The van der Waals surface area contributed by atoms with E-state index in [0.29, 0.717) is 40.5 Å². The van der Waals surface area contributed by atoms with E-state index in [0.717, 1.165) is 0 Å². The quantitative estimate of drug-likeness (QED) is 0.674. The Kier molecular flexibility index (Phi) is 4.60. The smallest absolute Gasteiger partial charge is 0.320 e. The summed E-state index contributed by atoms with van der Waals surface area (Å²) >= 11 is 0. The highest BCUT2D eigenvalue weighted by Crippen LogP contribution is 2.33. The number of carbonyl (C=O) groups is 1. The third kappa shape index (κ3) is 3.42. The molecule has 3 aromatic rings. The predicted octanol–water partition coefficient (Wildman–Crippen LogP) is 2.55. The zero-order valence-electron chi connectivity index (χ0n) is 13.8. The predicted molar refractivity (Wildman–Crippen MR) is 93.7 cm³/mol. The number of amides is 2. The molecule has 0 spiro atoms. The number of methoxy groups -OCH3 is 1. The van der Waals surface area contributed by atoms with Crippen LogP contribution in [0.4, 0.5) is 10.6 Å². The van der Waals surface area contributed by atoms with Crippen molar-refractivity contribution in [3.63, 3.8) is 0 Å². The van der Waals surface area contributed by atoms with Gasteiger partial charge in [0.15, 0.2) is 23.0 Å². The first kappa shape index (κ1) is 16.4. The van der Waals surface area contributed by atoms with Crippen LogP contribution >= 0.6 is 0 Å². The van der Waals surface area contributed by atoms with Gasteiger partial charge in [0, 0.05) is 18.3 Å². The molecule has 0 unspecified atom stereocenters. The Morgan fingerprint density at radius 1 is 1.28 bits per heavy atom. The molecule has 1 aromatic carbocycles. The number of aromatic nitrogens is 3. The number of fused-ring (bicyclic) bond motifs is 1. The highest BCUT2D eigenvalue weighted by molar-refractivity contribution is 5.94. The molecule has 0 aliphatic heterocycles. The lowest BCUT2D eigenvalue weighted by molar-refractivity contribution is 0.252. The number of ether oxygens (including phenoxy) is 1. The lowest BCUT2D eigenvalue weighted by Crippen LogP contribution is -2.29. The van der Waals surface area contributed by atoms with E-state index in [1.165, 1.54) is 13.2 Å². The van der Waals surface area contributed by atoms with Crippen molar-refractivity contribution in [2.45, 2.75) is 6.92 Å². The zero-order valence-corrected chi connectivity index (χ0v) is 13.8. The monoisotopic (exact) mass is 339 g/mol. The van der Waals surface area contributed by atoms with Gasteiger partial charge >= 0.3 is 6.03 Å². The largest absolute Gasteiger partial charge is 0.504 e. The summed E-state index contributed by atoms with van der Waals surface area (Å²) in [6.07, 6.45) is 1.62. The highest BCUT2D eigenvalue weighted by Gasteiger charge is 2.15. The van der Waals surface area contributed by atoms with Crippen molar-refractivity contribution >= 4 is 23.0 Å². The summed E-state index contributed by atoms with van der Waals surface area (Å²) in [5.41, 5.74) is 2.06. The van der Waals surface area contributed by atoms with Crippen LogP contribution in [0, 0.1) is 0 Å². The first-order valence-corrected chi connectivity index (χ1v) is 7.67. The van der Waals surface area contributed by atoms with Crippen LogP contribution in [-0.4, -0.2) is 39.7 Å². The maximum Gasteiger partial charge on any atom is 0.320 e. The van der Waals surface area contributed by atoms with Gasteiger partial charge in [-0.05, 0) is 37.3 Å². The number of aromatic hydroxyl groups is 1. The maximum atomic E-state index is 11.9. The summed E-state index contributed by atoms with van der Waals surface area (Å²) in [4.78, 5) is 25.1. The number of hydrogen-bond acceptors (Lipinski definition) is 6. The van der Waals surface area contributed by atoms with Gasteiger partial charge < -0.3 is 15.2 Å². The molecule has 2 heterocycles. The molecule has 0 atom stereocenters. The number of hydrogen-bond donors (Lipinski definition) is 3. The maximum absolute atomic E-state index is 11.9. The Morgan fingerprint density at radius 3 is 2.88 bits per heavy atom. The first-order valence-electron chi connectivity index (χ1n) is 7.67. The standard InChI is InChI=1S/C17H17N5O3/c1-3-18-17(24)22-16-14(10-6-7-12(23)13(9-10)25-2)21-15-11(20-16)5-4-8-19-15/h4-9,23H,3H2,1-2H3,(H2,18,20,22,24). The summed E-state index contributed by atoms with van der Waals surface area (Å²) in [6.45, 7) is 2.30. The topological polar surface area (TPSA) is 109 Å². The lowest BCUT2D eigenvalue weighted by atomic mass is 10.1. The number of phenolic OH excluding ortho intramolecular Hbond substituents is 1. The fraction of sp³-hybridized carbons (Fsp3) is 0.176. The van der Waals surface area contributed by atoms with E-state index >= 15 is 0 Å². The van der Waals surface area contributed by atoms with Crippen LogP contribution in [0.5, 0.6) is 11.5 Å². The number of phenols is 1. The Morgan fingerprint density at radius 2 is 2.12 bits per heavy atom. The molecule has 0 saturated carbocycles. The summed E-state index contributed by atoms with van der Waals surface area (Å²) in [6, 6.07) is 7.91. The van der Waals surface area contributed by atoms with Gasteiger partial charge in [-0.1, -0.05) is 0 Å². The molecule has 8 nitrogen and oxygen atoms in total. The Balaban J connectivity index is 2.15. The van der Waals surface area contributed by atoms with Gasteiger partial charge in [-0.15, -0.1) is 0 Å². The molecular formula is C17H17N5O3. The summed E-state index contributed by atoms with van der Waals surface area (Å²) < 4.78 is 5.14. The van der Waals surface area contributed by atoms with E-state index in [1.54, 1.807) is 30.5 Å². The van der Waals surface area contributed by atoms with Gasteiger partial charge in [0.1, 0.15) is 11.2 Å². The second-order valence-electron chi connectivity index (χ2n) is 5.14. The van der Waals surface area contributed by atoms with Gasteiger partial charge in [0.2, 0.25) is 0 Å². The van der Waals surface area contributed by atoms with Crippen LogP contribution < -0.4 is 15.4 Å². The minimum absolute atomic E-state index is 0.0105. The van der Waals surface area contributed by atoms with Crippen LogP contribution in [0.2, 0.25) is 0 Å². The van der Waals surface area contributed by atoms with E-state index < -0.39 is 0 Å². The normalized spacial score (nSPS) is 10.5. The fourth-order valence-corrected chi connectivity index (χ4v) is 2.32. The van der Waals surface area contributed by atoms with Crippen molar-refractivity contribution in [3.05, 3.63) is 36.5 Å². The van der Waals surface area contributed by atoms with E-state index in [2.05, 4.69) is 25.6 Å². The third-order valence-corrected chi connectivity index (χ3v) is 3.46. The summed E-state index contributed by atoms with van der Waals surface area (Å²) in [7, 11) is 1.46. The second-order valence-corrected chi connectivity index (χ2v) is 5.14. The molecule has 0 radical (unpaired) electrons. The van der Waals surface area contributed by atoms with E-state index in [1.807, 2.05) is 6.92 Å². The molecule has 25 heavy (non-hydrogen) atoms. The van der Waals surface area contributed by atoms with Crippen LogP contribution in [0.25, 0.3) is 22.4 Å². The Hall–Kier alpha value is -3.42. The van der Waals surface area contributed by atoms with Crippen LogP contribution in [-0.2, 0) is 0 Å². The van der Waals surface area contributed by atoms with Crippen molar-refractivity contribution in [2.24, 2.45) is 0 Å². The number of benzene rings is 1. The fourth-order valence-electron chi connectivity index (χ4n) is 2.32. The minimum atomic E-state index is -0.382. The van der Waals surface area contributed by atoms with Gasteiger partial charge in [-0.25, -0.2) is 19.7 Å². The summed E-state index contributed by atoms with van der Waals surface area (Å²) in [5.74, 6) is 0.597. The molecule has 0 saturated heterocycles. The first-order chi connectivity index (χ1) is 12.1. The SMILES string of the molecule is CCNC(=O)Nc1nc2cccnc2nc1-c1ccc(O)c(OC)c1. The molecule has 3 N–H and O–H groups in total. The molecular weight excluding hydrogens is 322 g/mol. The molecule has 2 aromatic heterocycles. The van der Waals surface area contributed by atoms with Crippen LogP contribution in [0.1, 0.15) is 6.92 Å². The molecule has 2 amide bonds. The summed E-state index contributed by atoms with van der Waals surface area (Å²) in [5, 5.41) is 15.1. The van der Waals surface area contributed by atoms with Crippen molar-refractivity contribution in [1.82, 2.24) is 20.3 Å². The average molecular weight is 339 g/mol. The van der Waals surface area contributed by atoms with Crippen molar-refractivity contribution in [3.8, 4) is 22.8 Å². The number of nitrogens with zero attached hydrogens (tertiary/aromatic N) is 3. The molecule has 0 fully saturated rings. The van der Waals surface area contributed by atoms with Crippen LogP contribution in [0.3, 0.4) is 0 Å². The van der Waals surface area contributed by atoms with E-state index in [4.69, 9.17) is 4.74 Å². The third-order valence-electron chi connectivity index (χ3n) is 3.46. The molecule has 128 valence electrons. The molecule has 0 aliphatic rings. The van der Waals surface area contributed by atoms with Crippen LogP contribution in [0.15, 0.2) is 36.5 Å². The molecule has 0 bridgehead atoms. The van der Waals surface area contributed by atoms with Crippen molar-refractivity contribution in [2.75, 3.05) is 19.0 Å². The number of rotatable bonds is 4. The highest BCUT2D eigenvalue weighted by atomic mass is 16.5. The lowest BCUT2D eigenvalue weighted by Gasteiger charge is -2.12. The minimum Gasteiger partial charge on any atom is -0.504 e. The Bertz CT molecular complexity index is 929. The zero-order chi connectivity index (χ0) is 17.8. The van der Waals surface area contributed by atoms with E-state index in [-0.39, 0.29) is 11.8 Å². The molecule has 3 rings (SSSR count). The number of nitrogens with one attached hydrogen (secondary N) is 2. The number of urea groups is 1. The molecule has 0 aliphatic carbocycles. The van der Waals surface area contributed by atoms with Gasteiger partial charge in [0.05, 0.1) is 7.11 Å². The molecule has 8 heteroatoms. The van der Waals surface area contributed by atoms with Crippen molar-refractivity contribution < 1.29 is 14.6 Å².